The first-order valence-corrected chi connectivity index (χ1v) is 11.3. The highest BCUT2D eigenvalue weighted by atomic mass is 19.1. The molecule has 0 saturated carbocycles. The monoisotopic (exact) mass is 441 g/mol. The van der Waals surface area contributed by atoms with E-state index in [0.29, 0.717) is 17.3 Å². The molecule has 1 atom stereocenters. The highest BCUT2D eigenvalue weighted by Gasteiger charge is 2.24. The summed E-state index contributed by atoms with van der Waals surface area (Å²) in [6.07, 6.45) is 7.43. The Hall–Kier alpha value is -3.81. The van der Waals surface area contributed by atoms with Gasteiger partial charge in [-0.15, -0.1) is 0 Å². The number of nitrogens with zero attached hydrogens (tertiary/aromatic N) is 5. The molecule has 1 aliphatic carbocycles. The summed E-state index contributed by atoms with van der Waals surface area (Å²) in [5.41, 5.74) is 6.15. The van der Waals surface area contributed by atoms with Gasteiger partial charge in [-0.1, -0.05) is 32.0 Å². The normalized spacial score (nSPS) is 15.9. The van der Waals surface area contributed by atoms with E-state index in [0.717, 1.165) is 30.5 Å². The van der Waals surface area contributed by atoms with Crippen LogP contribution >= 0.6 is 0 Å². The van der Waals surface area contributed by atoms with E-state index in [2.05, 4.69) is 58.5 Å². The lowest BCUT2D eigenvalue weighted by Gasteiger charge is -2.24. The molecule has 0 unspecified atom stereocenters. The Labute approximate surface area is 190 Å². The van der Waals surface area contributed by atoms with Gasteiger partial charge in [0.2, 0.25) is 5.95 Å². The van der Waals surface area contributed by atoms with Crippen LogP contribution in [-0.2, 0) is 12.8 Å². The third-order valence-corrected chi connectivity index (χ3v) is 6.41. The molecule has 33 heavy (non-hydrogen) atoms. The number of halogens is 1. The van der Waals surface area contributed by atoms with E-state index >= 15 is 0 Å². The molecule has 0 aliphatic heterocycles. The van der Waals surface area contributed by atoms with Crippen LogP contribution < -0.4 is 5.32 Å². The highest BCUT2D eigenvalue weighted by Crippen LogP contribution is 2.31. The molecule has 6 rings (SSSR count). The molecule has 1 aliphatic rings. The van der Waals surface area contributed by atoms with E-state index in [9.17, 15) is 4.39 Å². The fourth-order valence-electron chi connectivity index (χ4n) is 4.73. The van der Waals surface area contributed by atoms with Crippen LogP contribution in [-0.4, -0.2) is 35.6 Å². The molecule has 0 radical (unpaired) electrons. The third-order valence-electron chi connectivity index (χ3n) is 6.41. The van der Waals surface area contributed by atoms with E-state index < -0.39 is 5.82 Å². The Morgan fingerprint density at radius 2 is 2.03 bits per heavy atom. The molecule has 4 heterocycles. The van der Waals surface area contributed by atoms with Crippen molar-refractivity contribution in [1.29, 1.82) is 0 Å². The fourth-order valence-corrected chi connectivity index (χ4v) is 4.73. The van der Waals surface area contributed by atoms with Gasteiger partial charge in [0.05, 0.1) is 12.4 Å². The first kappa shape index (κ1) is 19.8. The van der Waals surface area contributed by atoms with Gasteiger partial charge < -0.3 is 10.3 Å². The maximum atomic E-state index is 13.9. The Morgan fingerprint density at radius 1 is 1.15 bits per heavy atom. The lowest BCUT2D eigenvalue weighted by atomic mass is 9.91. The predicted molar refractivity (Wildman–Crippen MR) is 126 cm³/mol. The molecule has 1 aromatic carbocycles. The zero-order chi connectivity index (χ0) is 22.5. The van der Waals surface area contributed by atoms with E-state index in [1.807, 2.05) is 6.20 Å². The second-order valence-electron chi connectivity index (χ2n) is 8.96. The number of aromatic nitrogens is 6. The van der Waals surface area contributed by atoms with Crippen molar-refractivity contribution in [2.75, 3.05) is 5.32 Å². The van der Waals surface area contributed by atoms with E-state index in [1.54, 1.807) is 10.7 Å². The van der Waals surface area contributed by atoms with Gasteiger partial charge in [0.1, 0.15) is 5.82 Å². The molecule has 8 heteroatoms. The molecular formula is C25H24FN7. The molecule has 2 N–H and O–H groups in total. The van der Waals surface area contributed by atoms with Gasteiger partial charge in [-0.25, -0.2) is 9.37 Å². The van der Waals surface area contributed by atoms with Crippen LogP contribution in [0.2, 0.25) is 0 Å². The zero-order valence-corrected chi connectivity index (χ0v) is 18.5. The number of aryl methyl sites for hydroxylation is 1. The molecule has 7 nitrogen and oxygen atoms in total. The molecule has 0 saturated heterocycles. The number of hydrogen-bond donors (Lipinski definition) is 2. The van der Waals surface area contributed by atoms with Crippen molar-refractivity contribution in [3.8, 4) is 11.4 Å². The van der Waals surface area contributed by atoms with Crippen LogP contribution in [0.1, 0.15) is 43.0 Å². The molecule has 0 spiro atoms. The van der Waals surface area contributed by atoms with Crippen LogP contribution in [0, 0.1) is 5.82 Å². The van der Waals surface area contributed by atoms with Gasteiger partial charge in [0, 0.05) is 40.0 Å². The molecule has 166 valence electrons. The number of pyridine rings is 1. The van der Waals surface area contributed by atoms with Crippen molar-refractivity contribution in [1.82, 2.24) is 29.5 Å². The second kappa shape index (κ2) is 7.65. The Balaban J connectivity index is 1.41. The number of nitrogens with one attached hydrogen (secondary N) is 2. The smallest absolute Gasteiger partial charge is 0.228 e. The summed E-state index contributed by atoms with van der Waals surface area (Å²) in [5, 5.41) is 9.47. The summed E-state index contributed by atoms with van der Waals surface area (Å²) < 4.78 is 15.6. The average Bonchev–Trinajstić information content (AvgIpc) is 3.41. The van der Waals surface area contributed by atoms with E-state index in [-0.39, 0.29) is 12.0 Å². The lowest BCUT2D eigenvalue weighted by molar-refractivity contribution is 0.599. The van der Waals surface area contributed by atoms with Crippen LogP contribution in [0.5, 0.6) is 0 Å². The number of benzene rings is 1. The first-order valence-electron chi connectivity index (χ1n) is 11.3. The van der Waals surface area contributed by atoms with Crippen molar-refractivity contribution in [2.45, 2.75) is 45.1 Å². The van der Waals surface area contributed by atoms with Crippen molar-refractivity contribution in [2.24, 2.45) is 0 Å². The Morgan fingerprint density at radius 3 is 2.88 bits per heavy atom. The van der Waals surface area contributed by atoms with Gasteiger partial charge in [-0.2, -0.15) is 14.6 Å². The van der Waals surface area contributed by atoms with Crippen LogP contribution in [0.15, 0.2) is 48.9 Å². The molecular weight excluding hydrogens is 417 g/mol. The minimum absolute atomic E-state index is 0.194. The minimum atomic E-state index is -0.415. The first-order chi connectivity index (χ1) is 16.1. The summed E-state index contributed by atoms with van der Waals surface area (Å²) in [6.45, 7) is 4.21. The van der Waals surface area contributed by atoms with E-state index in [1.165, 1.54) is 34.4 Å². The SMILES string of the molecule is CC(C)c1cnn2c(N[C@@H]3CCc4[nH]c5ccccc5c4C3)nc(-c3cncc(F)c3)nc12. The molecule has 0 fully saturated rings. The Kier molecular flexibility index (Phi) is 4.60. The maximum absolute atomic E-state index is 13.9. The van der Waals surface area contributed by atoms with Crippen LogP contribution in [0.4, 0.5) is 10.3 Å². The number of H-pyrrole nitrogens is 1. The van der Waals surface area contributed by atoms with E-state index in [4.69, 9.17) is 9.97 Å². The van der Waals surface area contributed by atoms with Crippen LogP contribution in [0.3, 0.4) is 0 Å². The van der Waals surface area contributed by atoms with Gasteiger partial charge in [-0.05, 0) is 42.9 Å². The van der Waals surface area contributed by atoms with Crippen molar-refractivity contribution in [3.63, 3.8) is 0 Å². The third kappa shape index (κ3) is 3.42. The summed E-state index contributed by atoms with van der Waals surface area (Å²) >= 11 is 0. The molecule has 5 aromatic rings. The fraction of sp³-hybridized carbons (Fsp3) is 0.280. The summed E-state index contributed by atoms with van der Waals surface area (Å²) in [6, 6.07) is 10.0. The second-order valence-corrected chi connectivity index (χ2v) is 8.96. The molecule has 4 aromatic heterocycles. The summed E-state index contributed by atoms with van der Waals surface area (Å²) in [5.74, 6) is 0.872. The quantitative estimate of drug-likeness (QED) is 0.414. The van der Waals surface area contributed by atoms with Crippen molar-refractivity contribution in [3.05, 3.63) is 71.6 Å². The van der Waals surface area contributed by atoms with Crippen molar-refractivity contribution < 1.29 is 4.39 Å². The zero-order valence-electron chi connectivity index (χ0n) is 18.5. The summed E-state index contributed by atoms with van der Waals surface area (Å²) in [4.78, 5) is 17.0. The standard InChI is InChI=1S/C25H24FN7/c1-14(2)20-13-28-33-24(20)31-23(15-9-16(26)12-27-11-15)32-25(33)29-17-7-8-22-19(10-17)18-5-3-4-6-21(18)30-22/h3-6,9,11-14,17,30H,7-8,10H2,1-2H3,(H,29,31,32)/t17-/m1/s1. The average molecular weight is 442 g/mol. The molecule has 0 amide bonds. The number of aromatic amines is 1. The lowest BCUT2D eigenvalue weighted by Crippen LogP contribution is -2.29. The van der Waals surface area contributed by atoms with Crippen LogP contribution in [0.25, 0.3) is 27.9 Å². The predicted octanol–water partition coefficient (Wildman–Crippen LogP) is 4.90. The highest BCUT2D eigenvalue weighted by molar-refractivity contribution is 5.85. The van der Waals surface area contributed by atoms with Gasteiger partial charge in [-0.3, -0.25) is 4.98 Å². The number of anilines is 1. The van der Waals surface area contributed by atoms with Gasteiger partial charge in [0.25, 0.3) is 0 Å². The maximum Gasteiger partial charge on any atom is 0.228 e. The topological polar surface area (TPSA) is 83.8 Å². The minimum Gasteiger partial charge on any atom is -0.358 e. The van der Waals surface area contributed by atoms with Crippen molar-refractivity contribution >= 4 is 22.5 Å². The largest absolute Gasteiger partial charge is 0.358 e. The summed E-state index contributed by atoms with van der Waals surface area (Å²) in [7, 11) is 0. The molecule has 0 bridgehead atoms. The Bertz CT molecular complexity index is 1480. The number of para-hydroxylation sites is 1. The van der Waals surface area contributed by atoms with Gasteiger partial charge in [0.15, 0.2) is 11.5 Å². The number of rotatable bonds is 4. The van der Waals surface area contributed by atoms with Gasteiger partial charge >= 0.3 is 0 Å². The number of hydrogen-bond acceptors (Lipinski definition) is 5. The number of fused-ring (bicyclic) bond motifs is 4.